The summed E-state index contributed by atoms with van der Waals surface area (Å²) in [5.41, 5.74) is 0.609. The Hall–Kier alpha value is -1.52. The first kappa shape index (κ1) is 14.9. The molecule has 0 unspecified atom stereocenters. The van der Waals surface area contributed by atoms with Crippen LogP contribution in [0, 0.1) is 0 Å². The van der Waals surface area contributed by atoms with Gasteiger partial charge in [-0.2, -0.15) is 0 Å². The van der Waals surface area contributed by atoms with E-state index in [0.717, 1.165) is 10.6 Å². The van der Waals surface area contributed by atoms with Gasteiger partial charge in [-0.25, -0.2) is 4.98 Å². The largest absolute Gasteiger partial charge is 0.296 e. The Morgan fingerprint density at radius 1 is 1.35 bits per heavy atom. The van der Waals surface area contributed by atoms with Crippen LogP contribution in [-0.4, -0.2) is 23.7 Å². The van der Waals surface area contributed by atoms with E-state index < -0.39 is 0 Å². The average Bonchev–Trinajstić information content (AvgIpc) is 2.48. The Morgan fingerprint density at radius 3 is 2.80 bits per heavy atom. The van der Waals surface area contributed by atoms with Gasteiger partial charge in [-0.05, 0) is 36.1 Å². The molecule has 0 aliphatic carbocycles. The molecule has 0 spiro atoms. The van der Waals surface area contributed by atoms with E-state index in [2.05, 4.69) is 11.9 Å². The van der Waals surface area contributed by atoms with Gasteiger partial charge < -0.3 is 0 Å². The second-order valence-corrected chi connectivity index (χ2v) is 5.87. The standard InChI is InChI=1S/C15H15ClN2OS/c1-3-20-13-8-7-11(16)10-12(13)15(19)18(2)14-6-4-5-9-17-14/h4-10H,3H2,1-2H3. The van der Waals surface area contributed by atoms with Crippen molar-refractivity contribution in [1.29, 1.82) is 0 Å². The number of amides is 1. The maximum absolute atomic E-state index is 12.6. The Bertz CT molecular complexity index is 604. The smallest absolute Gasteiger partial charge is 0.260 e. The van der Waals surface area contributed by atoms with Crippen LogP contribution in [0.2, 0.25) is 5.02 Å². The average molecular weight is 307 g/mol. The number of rotatable bonds is 4. The maximum atomic E-state index is 12.6. The molecule has 0 bridgehead atoms. The summed E-state index contributed by atoms with van der Waals surface area (Å²) in [6, 6.07) is 10.9. The van der Waals surface area contributed by atoms with E-state index in [1.807, 2.05) is 18.2 Å². The second kappa shape index (κ2) is 6.77. The fourth-order valence-corrected chi connectivity index (χ4v) is 2.74. The lowest BCUT2D eigenvalue weighted by molar-refractivity contribution is 0.0989. The van der Waals surface area contributed by atoms with Gasteiger partial charge in [0.05, 0.1) is 5.56 Å². The predicted octanol–water partition coefficient (Wildman–Crippen LogP) is 4.12. The molecule has 0 aliphatic rings. The minimum absolute atomic E-state index is 0.109. The van der Waals surface area contributed by atoms with Crippen LogP contribution in [0.15, 0.2) is 47.5 Å². The molecule has 0 N–H and O–H groups in total. The lowest BCUT2D eigenvalue weighted by Gasteiger charge is -2.18. The molecule has 1 heterocycles. The molecule has 0 saturated carbocycles. The summed E-state index contributed by atoms with van der Waals surface area (Å²) < 4.78 is 0. The van der Waals surface area contributed by atoms with Crippen molar-refractivity contribution in [2.24, 2.45) is 0 Å². The SMILES string of the molecule is CCSc1ccc(Cl)cc1C(=O)N(C)c1ccccn1. The van der Waals surface area contributed by atoms with Crippen molar-refractivity contribution >= 4 is 35.1 Å². The zero-order chi connectivity index (χ0) is 14.5. The van der Waals surface area contributed by atoms with Gasteiger partial charge >= 0.3 is 0 Å². The van der Waals surface area contributed by atoms with E-state index >= 15 is 0 Å². The number of carbonyl (C=O) groups is 1. The van der Waals surface area contributed by atoms with Gasteiger partial charge in [-0.15, -0.1) is 11.8 Å². The molecule has 1 aromatic heterocycles. The van der Waals surface area contributed by atoms with Gasteiger partial charge in [0.1, 0.15) is 5.82 Å². The molecule has 2 aromatic rings. The highest BCUT2D eigenvalue weighted by Gasteiger charge is 2.18. The molecule has 20 heavy (non-hydrogen) atoms. The number of benzene rings is 1. The van der Waals surface area contributed by atoms with E-state index in [-0.39, 0.29) is 5.91 Å². The van der Waals surface area contributed by atoms with Crippen molar-refractivity contribution < 1.29 is 4.79 Å². The summed E-state index contributed by atoms with van der Waals surface area (Å²) >= 11 is 7.64. The summed E-state index contributed by atoms with van der Waals surface area (Å²) in [7, 11) is 1.71. The van der Waals surface area contributed by atoms with Crippen molar-refractivity contribution in [3.05, 3.63) is 53.2 Å². The zero-order valence-electron chi connectivity index (χ0n) is 11.3. The van der Waals surface area contributed by atoms with Crippen LogP contribution in [0.3, 0.4) is 0 Å². The van der Waals surface area contributed by atoms with Crippen LogP contribution in [0.5, 0.6) is 0 Å². The molecule has 0 saturated heterocycles. The first-order chi connectivity index (χ1) is 9.63. The van der Waals surface area contributed by atoms with E-state index in [1.54, 1.807) is 43.2 Å². The Labute approximate surface area is 128 Å². The molecular formula is C15H15ClN2OS. The number of thioether (sulfide) groups is 1. The van der Waals surface area contributed by atoms with Gasteiger partial charge in [0.15, 0.2) is 0 Å². The number of aromatic nitrogens is 1. The van der Waals surface area contributed by atoms with Gasteiger partial charge in [0.25, 0.3) is 5.91 Å². The van der Waals surface area contributed by atoms with Crippen molar-refractivity contribution in [3.63, 3.8) is 0 Å². The summed E-state index contributed by atoms with van der Waals surface area (Å²) in [6.07, 6.45) is 1.67. The molecule has 0 aliphatic heterocycles. The summed E-state index contributed by atoms with van der Waals surface area (Å²) in [4.78, 5) is 19.3. The lowest BCUT2D eigenvalue weighted by Crippen LogP contribution is -2.27. The van der Waals surface area contributed by atoms with Crippen LogP contribution >= 0.6 is 23.4 Å². The minimum atomic E-state index is -0.109. The van der Waals surface area contributed by atoms with Gasteiger partial charge in [0, 0.05) is 23.2 Å². The number of carbonyl (C=O) groups excluding carboxylic acids is 1. The molecule has 0 atom stereocenters. The lowest BCUT2D eigenvalue weighted by atomic mass is 10.2. The summed E-state index contributed by atoms with van der Waals surface area (Å²) in [6.45, 7) is 2.05. The third kappa shape index (κ3) is 3.32. The Balaban J connectivity index is 2.35. The van der Waals surface area contributed by atoms with E-state index in [9.17, 15) is 4.79 Å². The minimum Gasteiger partial charge on any atom is -0.296 e. The van der Waals surface area contributed by atoms with Crippen LogP contribution in [-0.2, 0) is 0 Å². The van der Waals surface area contributed by atoms with Crippen molar-refractivity contribution in [1.82, 2.24) is 4.98 Å². The van der Waals surface area contributed by atoms with E-state index in [1.165, 1.54) is 4.90 Å². The monoisotopic (exact) mass is 306 g/mol. The topological polar surface area (TPSA) is 33.2 Å². The number of hydrogen-bond acceptors (Lipinski definition) is 3. The van der Waals surface area contributed by atoms with Crippen molar-refractivity contribution in [2.45, 2.75) is 11.8 Å². The first-order valence-corrected chi connectivity index (χ1v) is 7.61. The molecule has 1 aromatic carbocycles. The van der Waals surface area contributed by atoms with Gasteiger partial charge in [0.2, 0.25) is 0 Å². The number of nitrogens with zero attached hydrogens (tertiary/aromatic N) is 2. The van der Waals surface area contributed by atoms with E-state index in [4.69, 9.17) is 11.6 Å². The van der Waals surface area contributed by atoms with Crippen LogP contribution < -0.4 is 4.90 Å². The molecule has 104 valence electrons. The second-order valence-electron chi connectivity index (χ2n) is 4.13. The number of halogens is 1. The molecule has 0 fully saturated rings. The molecule has 3 nitrogen and oxygen atoms in total. The van der Waals surface area contributed by atoms with E-state index in [0.29, 0.717) is 16.4 Å². The number of pyridine rings is 1. The van der Waals surface area contributed by atoms with Crippen LogP contribution in [0.25, 0.3) is 0 Å². The van der Waals surface area contributed by atoms with Crippen molar-refractivity contribution in [3.8, 4) is 0 Å². The Morgan fingerprint density at radius 2 is 2.15 bits per heavy atom. The molecule has 0 radical (unpaired) electrons. The number of anilines is 1. The summed E-state index contributed by atoms with van der Waals surface area (Å²) in [5, 5.41) is 0.559. The first-order valence-electron chi connectivity index (χ1n) is 6.25. The molecule has 5 heteroatoms. The molecule has 2 rings (SSSR count). The normalized spacial score (nSPS) is 10.3. The zero-order valence-corrected chi connectivity index (χ0v) is 12.9. The van der Waals surface area contributed by atoms with Crippen molar-refractivity contribution in [2.75, 3.05) is 17.7 Å². The quantitative estimate of drug-likeness (QED) is 0.797. The highest BCUT2D eigenvalue weighted by molar-refractivity contribution is 7.99. The predicted molar refractivity (Wildman–Crippen MR) is 84.8 cm³/mol. The highest BCUT2D eigenvalue weighted by Crippen LogP contribution is 2.27. The molecular weight excluding hydrogens is 292 g/mol. The molecule has 1 amide bonds. The summed E-state index contributed by atoms with van der Waals surface area (Å²) in [5.74, 6) is 1.40. The highest BCUT2D eigenvalue weighted by atomic mass is 35.5. The third-order valence-corrected chi connectivity index (χ3v) is 3.96. The number of hydrogen-bond donors (Lipinski definition) is 0. The maximum Gasteiger partial charge on any atom is 0.260 e. The third-order valence-electron chi connectivity index (χ3n) is 2.77. The van der Waals surface area contributed by atoms with Gasteiger partial charge in [-0.1, -0.05) is 24.6 Å². The van der Waals surface area contributed by atoms with Gasteiger partial charge in [-0.3, -0.25) is 9.69 Å². The fourth-order valence-electron chi connectivity index (χ4n) is 1.79. The fraction of sp³-hybridized carbons (Fsp3) is 0.200. The van der Waals surface area contributed by atoms with Crippen LogP contribution in [0.1, 0.15) is 17.3 Å². The Kier molecular flexibility index (Phi) is 5.04. The van der Waals surface area contributed by atoms with Crippen LogP contribution in [0.4, 0.5) is 5.82 Å².